The van der Waals surface area contributed by atoms with Crippen LogP contribution in [0.3, 0.4) is 0 Å². The van der Waals surface area contributed by atoms with Crippen molar-refractivity contribution >= 4 is 29.9 Å². The summed E-state index contributed by atoms with van der Waals surface area (Å²) in [5, 5.41) is 5.02. The highest BCUT2D eigenvalue weighted by Gasteiger charge is 2.50. The topological polar surface area (TPSA) is 40.6 Å². The Labute approximate surface area is 170 Å². The van der Waals surface area contributed by atoms with E-state index in [9.17, 15) is 0 Å². The Morgan fingerprint density at radius 2 is 1.22 bits per heavy atom. The second-order valence-electron chi connectivity index (χ2n) is 7.51. The van der Waals surface area contributed by atoms with E-state index in [-0.39, 0.29) is 0 Å². The van der Waals surface area contributed by atoms with Gasteiger partial charge in [0.1, 0.15) is 0 Å². The third kappa shape index (κ3) is 5.57. The number of rotatable bonds is 9. The fraction of sp³-hybridized carbons (Fsp3) is 0.647. The van der Waals surface area contributed by atoms with Gasteiger partial charge in [-0.15, -0.1) is 23.7 Å². The Morgan fingerprint density at radius 3 is 1.56 bits per heavy atom. The van der Waals surface area contributed by atoms with Gasteiger partial charge in [0.25, 0.3) is 0 Å². The molecule has 10 heteroatoms. The first-order chi connectivity index (χ1) is 12.4. The van der Waals surface area contributed by atoms with E-state index < -0.39 is 15.4 Å². The van der Waals surface area contributed by atoms with Crippen LogP contribution in [0, 0.1) is 0 Å². The molecule has 0 radical (unpaired) electrons. The van der Waals surface area contributed by atoms with Crippen LogP contribution in [0.2, 0.25) is 0 Å². The first-order valence-corrected chi connectivity index (χ1v) is 12.7. The van der Waals surface area contributed by atoms with Crippen LogP contribution >= 0.6 is 24.6 Å². The van der Waals surface area contributed by atoms with Gasteiger partial charge in [-0.2, -0.15) is 0 Å². The molecule has 0 saturated heterocycles. The van der Waals surface area contributed by atoms with Crippen LogP contribution in [0.4, 0.5) is 0 Å². The number of hydrogen-bond donors (Lipinski definition) is 1. The van der Waals surface area contributed by atoms with Crippen LogP contribution in [-0.2, 0) is 6.54 Å². The van der Waals surface area contributed by atoms with E-state index in [0.717, 1.165) is 6.54 Å². The van der Waals surface area contributed by atoms with E-state index in [4.69, 9.17) is 4.52 Å². The van der Waals surface area contributed by atoms with Crippen LogP contribution in [0.25, 0.3) is 0 Å². The minimum atomic E-state index is -2.14. The largest absolute Gasteiger partial charge is 0.354 e. The quantitative estimate of drug-likeness (QED) is 0.603. The number of nitrogens with one attached hydrogen (secondary N) is 1. The molecular formula is C17H39N7P3+. The third-order valence-corrected chi connectivity index (χ3v) is 12.8. The van der Waals surface area contributed by atoms with Crippen molar-refractivity contribution in [1.82, 2.24) is 28.4 Å². The van der Waals surface area contributed by atoms with Crippen LogP contribution in [-0.4, -0.2) is 93.8 Å². The van der Waals surface area contributed by atoms with Crippen molar-refractivity contribution < 1.29 is 0 Å². The van der Waals surface area contributed by atoms with E-state index in [2.05, 4.69) is 132 Å². The molecule has 1 aromatic carbocycles. The summed E-state index contributed by atoms with van der Waals surface area (Å²) in [6.45, 7) is 0.771. The minimum absolute atomic E-state index is 0.771. The molecule has 0 spiro atoms. The maximum absolute atomic E-state index is 5.61. The van der Waals surface area contributed by atoms with Gasteiger partial charge < -0.3 is 0 Å². The van der Waals surface area contributed by atoms with Crippen LogP contribution in [0.1, 0.15) is 5.56 Å². The Kier molecular flexibility index (Phi) is 9.49. The number of hydrogen-bond acceptors (Lipinski definition) is 4. The molecule has 0 amide bonds. The maximum atomic E-state index is 5.61. The molecule has 0 bridgehead atoms. The molecule has 7 nitrogen and oxygen atoms in total. The molecule has 0 aliphatic heterocycles. The van der Waals surface area contributed by atoms with Gasteiger partial charge in [0.15, 0.2) is 0 Å². The summed E-state index contributed by atoms with van der Waals surface area (Å²) < 4.78 is 16.9. The first kappa shape index (κ1) is 25.1. The summed E-state index contributed by atoms with van der Waals surface area (Å²) in [6, 6.07) is 8.59. The van der Waals surface area contributed by atoms with Gasteiger partial charge in [-0.3, -0.25) is 0 Å². The minimum Gasteiger partial charge on any atom is -0.249 e. The summed E-state index contributed by atoms with van der Waals surface area (Å²) in [7, 11) is 19.7. The average Bonchev–Trinajstić information content (AvgIpc) is 2.55. The molecule has 1 atom stereocenters. The molecule has 0 aliphatic carbocycles. The second kappa shape index (κ2) is 10.2. The van der Waals surface area contributed by atoms with Gasteiger partial charge in [-0.05, 0) is 57.7 Å². The second-order valence-corrected chi connectivity index (χ2v) is 15.4. The van der Waals surface area contributed by atoms with Crippen molar-refractivity contribution in [2.24, 2.45) is 4.52 Å². The molecule has 0 heterocycles. The lowest BCUT2D eigenvalue weighted by Gasteiger charge is -2.42. The summed E-state index contributed by atoms with van der Waals surface area (Å²) in [4.78, 5) is 0. The van der Waals surface area contributed by atoms with Gasteiger partial charge in [0.05, 0.1) is 6.54 Å². The Morgan fingerprint density at radius 1 is 0.815 bits per heavy atom. The summed E-state index contributed by atoms with van der Waals surface area (Å²) in [5.41, 5.74) is 1.26. The third-order valence-electron chi connectivity index (χ3n) is 4.45. The predicted molar refractivity (Wildman–Crippen MR) is 127 cm³/mol. The Balaban J connectivity index is 3.51. The van der Waals surface area contributed by atoms with Crippen molar-refractivity contribution in [3.05, 3.63) is 29.8 Å². The number of benzene rings is 1. The highest BCUT2D eigenvalue weighted by Crippen LogP contribution is 2.70. The van der Waals surface area contributed by atoms with Crippen LogP contribution in [0.5, 0.6) is 0 Å². The molecule has 156 valence electrons. The van der Waals surface area contributed by atoms with Gasteiger partial charge in [-0.25, -0.2) is 14.0 Å². The van der Waals surface area contributed by atoms with Gasteiger partial charge in [0, 0.05) is 28.2 Å². The van der Waals surface area contributed by atoms with Gasteiger partial charge >= 0.3 is 7.87 Å². The lowest BCUT2D eigenvalue weighted by Crippen LogP contribution is -2.38. The highest BCUT2D eigenvalue weighted by atomic mass is 31.2. The molecule has 27 heavy (non-hydrogen) atoms. The Hall–Kier alpha value is 0.0700. The van der Waals surface area contributed by atoms with E-state index in [1.807, 2.05) is 0 Å². The zero-order chi connectivity index (χ0) is 21.0. The van der Waals surface area contributed by atoms with E-state index in [1.54, 1.807) is 0 Å². The lowest BCUT2D eigenvalue weighted by molar-refractivity contribution is 0.470. The molecule has 0 aliphatic rings. The van der Waals surface area contributed by atoms with Crippen LogP contribution in [0.15, 0.2) is 28.8 Å². The maximum Gasteiger partial charge on any atom is 0.354 e. The fourth-order valence-corrected chi connectivity index (χ4v) is 12.0. The van der Waals surface area contributed by atoms with Crippen molar-refractivity contribution in [2.45, 2.75) is 6.54 Å². The predicted octanol–water partition coefficient (Wildman–Crippen LogP) is 2.71. The Bertz CT molecular complexity index is 606. The molecule has 1 unspecified atom stereocenters. The normalized spacial score (nSPS) is 13.5. The molecule has 0 fully saturated rings. The molecule has 0 aromatic heterocycles. The smallest absolute Gasteiger partial charge is 0.249 e. The standard InChI is InChI=1S/C17H39N7P3/c1-20(2)26(21(3)4,18-15-16-11-13-17(25)14-12-16)19-27(22(5)6,23(7)8)24(9)10/h11-14,18H,15,25H2,1-10H3/q+1. The first-order valence-electron chi connectivity index (χ1n) is 8.91. The molecule has 1 aromatic rings. The molecular weight excluding hydrogens is 395 g/mol. The fourth-order valence-electron chi connectivity index (χ4n) is 3.15. The SMILES string of the molecule is CN(C)P(=N[P+](NCc1ccc(P)cc1)(N(C)C)N(C)C)(N(C)C)N(C)C. The van der Waals surface area contributed by atoms with Crippen molar-refractivity contribution in [2.75, 3.05) is 70.5 Å². The molecule has 0 saturated carbocycles. The van der Waals surface area contributed by atoms with Crippen molar-refractivity contribution in [1.29, 1.82) is 0 Å². The molecule has 1 N–H and O–H groups in total. The van der Waals surface area contributed by atoms with Gasteiger partial charge in [-0.1, -0.05) is 24.3 Å². The van der Waals surface area contributed by atoms with Gasteiger partial charge in [0.2, 0.25) is 7.51 Å². The average molecular weight is 434 g/mol. The van der Waals surface area contributed by atoms with Crippen LogP contribution < -0.4 is 10.4 Å². The summed E-state index contributed by atoms with van der Waals surface area (Å²) >= 11 is 0. The zero-order valence-electron chi connectivity index (χ0n) is 18.7. The highest BCUT2D eigenvalue weighted by molar-refractivity contribution is 7.75. The van der Waals surface area contributed by atoms with E-state index in [0.29, 0.717) is 0 Å². The summed E-state index contributed by atoms with van der Waals surface area (Å²) in [5.74, 6) is 0. The monoisotopic (exact) mass is 434 g/mol. The lowest BCUT2D eigenvalue weighted by atomic mass is 10.2. The van der Waals surface area contributed by atoms with Crippen molar-refractivity contribution in [3.63, 3.8) is 0 Å². The zero-order valence-corrected chi connectivity index (χ0v) is 21.6. The summed E-state index contributed by atoms with van der Waals surface area (Å²) in [6.07, 6.45) is 0. The molecule has 1 rings (SSSR count). The van der Waals surface area contributed by atoms with E-state index >= 15 is 0 Å². The number of nitrogens with zero attached hydrogens (tertiary/aromatic N) is 6. The van der Waals surface area contributed by atoms with Crippen molar-refractivity contribution in [3.8, 4) is 0 Å². The van der Waals surface area contributed by atoms with E-state index in [1.165, 1.54) is 10.9 Å².